The lowest BCUT2D eigenvalue weighted by molar-refractivity contribution is -0.140. The number of nitrogens with one attached hydrogen (secondary N) is 1. The molecule has 7 nitrogen and oxygen atoms in total. The Hall–Kier alpha value is -3.37. The lowest BCUT2D eigenvalue weighted by Gasteiger charge is -2.35. The van der Waals surface area contributed by atoms with Crippen LogP contribution in [0.4, 0.5) is 5.69 Å². The van der Waals surface area contributed by atoms with E-state index in [1.807, 2.05) is 30.3 Å². The molecule has 0 heterocycles. The molecule has 0 saturated heterocycles. The van der Waals surface area contributed by atoms with Gasteiger partial charge in [-0.25, -0.2) is 8.42 Å². The van der Waals surface area contributed by atoms with E-state index in [0.717, 1.165) is 42.0 Å². The summed E-state index contributed by atoms with van der Waals surface area (Å²) in [5.41, 5.74) is 1.73. The van der Waals surface area contributed by atoms with Gasteiger partial charge in [0.25, 0.3) is 10.0 Å². The number of carbonyl (C=O) groups excluding carboxylic acids is 2. The van der Waals surface area contributed by atoms with E-state index in [2.05, 4.69) is 21.2 Å². The number of hydrogen-bond donors (Lipinski definition) is 1. The molecule has 1 aliphatic carbocycles. The first-order chi connectivity index (χ1) is 22.6. The van der Waals surface area contributed by atoms with Gasteiger partial charge in [-0.05, 0) is 66.4 Å². The Morgan fingerprint density at radius 1 is 0.851 bits per heavy atom. The van der Waals surface area contributed by atoms with Gasteiger partial charge >= 0.3 is 0 Å². The van der Waals surface area contributed by atoms with Crippen LogP contribution in [0.25, 0.3) is 0 Å². The van der Waals surface area contributed by atoms with Crippen LogP contribution in [0.5, 0.6) is 0 Å². The first-order valence-corrected chi connectivity index (χ1v) is 18.5. The monoisotopic (exact) mass is 755 g/mol. The summed E-state index contributed by atoms with van der Waals surface area (Å²) in [5.74, 6) is -0.852. The summed E-state index contributed by atoms with van der Waals surface area (Å²) in [7, 11) is -4.19. The highest BCUT2D eigenvalue weighted by Gasteiger charge is 2.35. The maximum atomic E-state index is 14.7. The number of sulfonamides is 1. The van der Waals surface area contributed by atoms with Crippen LogP contribution in [-0.4, -0.2) is 43.8 Å². The van der Waals surface area contributed by atoms with Crippen molar-refractivity contribution >= 4 is 66.7 Å². The largest absolute Gasteiger partial charge is 0.352 e. The molecule has 1 aliphatic rings. The van der Waals surface area contributed by atoms with E-state index >= 15 is 0 Å². The molecule has 0 radical (unpaired) electrons. The first kappa shape index (κ1) is 35.0. The van der Waals surface area contributed by atoms with E-state index in [4.69, 9.17) is 23.2 Å². The molecule has 11 heteroatoms. The highest BCUT2D eigenvalue weighted by atomic mass is 79.9. The van der Waals surface area contributed by atoms with Crippen LogP contribution >= 0.6 is 39.1 Å². The molecule has 0 aliphatic heterocycles. The van der Waals surface area contributed by atoms with Gasteiger partial charge in [-0.1, -0.05) is 119 Å². The Kier molecular flexibility index (Phi) is 12.0. The molecule has 0 unspecified atom stereocenters. The number of hydrogen-bond acceptors (Lipinski definition) is 4. The average Bonchev–Trinajstić information content (AvgIpc) is 3.07. The summed E-state index contributed by atoms with van der Waals surface area (Å²) in [4.78, 5) is 30.4. The molecule has 0 aromatic heterocycles. The predicted octanol–water partition coefficient (Wildman–Crippen LogP) is 8.04. The van der Waals surface area contributed by atoms with Crippen molar-refractivity contribution in [2.75, 3.05) is 10.8 Å². The molecule has 1 saturated carbocycles. The van der Waals surface area contributed by atoms with E-state index < -0.39 is 28.5 Å². The van der Waals surface area contributed by atoms with Gasteiger partial charge in [-0.3, -0.25) is 13.9 Å². The Balaban J connectivity index is 1.58. The zero-order chi connectivity index (χ0) is 33.4. The van der Waals surface area contributed by atoms with Crippen LogP contribution in [0, 0.1) is 0 Å². The Bertz CT molecular complexity index is 1790. The summed E-state index contributed by atoms with van der Waals surface area (Å²) < 4.78 is 30.0. The van der Waals surface area contributed by atoms with Gasteiger partial charge in [0.05, 0.1) is 10.6 Å². The second-order valence-corrected chi connectivity index (χ2v) is 15.2. The number of nitrogens with zero attached hydrogens (tertiary/aromatic N) is 2. The third kappa shape index (κ3) is 9.16. The van der Waals surface area contributed by atoms with Crippen molar-refractivity contribution in [1.82, 2.24) is 10.2 Å². The minimum Gasteiger partial charge on any atom is -0.352 e. The normalized spacial score (nSPS) is 14.3. The first-order valence-electron chi connectivity index (χ1n) is 15.5. The topological polar surface area (TPSA) is 86.8 Å². The fourth-order valence-electron chi connectivity index (χ4n) is 5.81. The Morgan fingerprint density at radius 3 is 2.19 bits per heavy atom. The van der Waals surface area contributed by atoms with Crippen molar-refractivity contribution < 1.29 is 18.0 Å². The maximum absolute atomic E-state index is 14.7. The predicted molar refractivity (Wildman–Crippen MR) is 191 cm³/mol. The smallest absolute Gasteiger partial charge is 0.264 e. The minimum atomic E-state index is -4.19. The molecule has 4 aromatic carbocycles. The maximum Gasteiger partial charge on any atom is 0.264 e. The number of benzene rings is 4. The van der Waals surface area contributed by atoms with E-state index in [1.54, 1.807) is 60.7 Å². The van der Waals surface area contributed by atoms with Crippen molar-refractivity contribution in [3.8, 4) is 0 Å². The quantitative estimate of drug-likeness (QED) is 0.159. The van der Waals surface area contributed by atoms with Crippen LogP contribution in [0.15, 0.2) is 112 Å². The molecule has 246 valence electrons. The second-order valence-electron chi connectivity index (χ2n) is 11.6. The number of rotatable bonds is 12. The van der Waals surface area contributed by atoms with E-state index in [0.29, 0.717) is 25.8 Å². The van der Waals surface area contributed by atoms with E-state index in [-0.39, 0.29) is 29.8 Å². The molecule has 5 rings (SSSR count). The number of carbonyl (C=O) groups is 2. The van der Waals surface area contributed by atoms with Crippen LogP contribution in [0.3, 0.4) is 0 Å². The molecule has 1 N–H and O–H groups in total. The van der Waals surface area contributed by atoms with Gasteiger partial charge in [-0.2, -0.15) is 0 Å². The van der Waals surface area contributed by atoms with Crippen molar-refractivity contribution in [3.63, 3.8) is 0 Å². The van der Waals surface area contributed by atoms with E-state index in [1.165, 1.54) is 17.0 Å². The fraction of sp³-hybridized carbons (Fsp3) is 0.278. The third-order valence-corrected chi connectivity index (χ3v) is 11.2. The zero-order valence-corrected chi connectivity index (χ0v) is 29.6. The van der Waals surface area contributed by atoms with Gasteiger partial charge in [0.15, 0.2) is 0 Å². The fourth-order valence-corrected chi connectivity index (χ4v) is 8.09. The van der Waals surface area contributed by atoms with Gasteiger partial charge in [-0.15, -0.1) is 0 Å². The number of amides is 2. The molecule has 4 aromatic rings. The minimum absolute atomic E-state index is 0.00206. The Labute approximate surface area is 295 Å². The molecular formula is C36H36BrCl2N3O4S. The SMILES string of the molecule is O=C(NC1CCCCC1)[C@H](Cc1ccccc1)N(Cc1ccc(Cl)cc1Cl)C(=O)CN(c1cccc(Br)c1)S(=O)(=O)c1ccccc1. The molecule has 47 heavy (non-hydrogen) atoms. The van der Waals surface area contributed by atoms with Crippen molar-refractivity contribution in [2.45, 2.75) is 62.0 Å². The summed E-state index contributed by atoms with van der Waals surface area (Å²) in [6.45, 7) is -0.594. The van der Waals surface area contributed by atoms with E-state index in [9.17, 15) is 18.0 Å². The second kappa shape index (κ2) is 16.2. The number of halogens is 3. The molecule has 2 amide bonds. The molecule has 1 atom stereocenters. The van der Waals surface area contributed by atoms with Crippen LogP contribution in [0.2, 0.25) is 10.0 Å². The van der Waals surface area contributed by atoms with Gasteiger partial charge in [0, 0.05) is 33.5 Å². The lowest BCUT2D eigenvalue weighted by Crippen LogP contribution is -2.55. The third-order valence-electron chi connectivity index (χ3n) is 8.28. The summed E-state index contributed by atoms with van der Waals surface area (Å²) >= 11 is 16.2. The van der Waals surface area contributed by atoms with Crippen molar-refractivity contribution in [1.29, 1.82) is 0 Å². The standard InChI is InChI=1S/C36H36BrCl2N3O4S/c37-28-13-10-16-31(22-28)42(47(45,46)32-17-8-3-9-18-32)25-35(43)41(24-27-19-20-29(38)23-33(27)39)34(21-26-11-4-1-5-12-26)36(44)40-30-14-6-2-7-15-30/h1,3-5,8-13,16-20,22-23,30,34H,2,6-7,14-15,21,24-25H2,(H,40,44)/t34-/m0/s1. The van der Waals surface area contributed by atoms with Gasteiger partial charge in [0.1, 0.15) is 12.6 Å². The highest BCUT2D eigenvalue weighted by Crippen LogP contribution is 2.29. The number of anilines is 1. The summed E-state index contributed by atoms with van der Waals surface area (Å²) in [6, 6.07) is 28.2. The molecular weight excluding hydrogens is 721 g/mol. The van der Waals surface area contributed by atoms with Gasteiger partial charge < -0.3 is 10.2 Å². The van der Waals surface area contributed by atoms with Crippen molar-refractivity contribution in [3.05, 3.63) is 129 Å². The van der Waals surface area contributed by atoms with Gasteiger partial charge in [0.2, 0.25) is 11.8 Å². The average molecular weight is 758 g/mol. The molecule has 0 bridgehead atoms. The van der Waals surface area contributed by atoms with Crippen molar-refractivity contribution in [2.24, 2.45) is 0 Å². The van der Waals surface area contributed by atoms with Crippen LogP contribution in [0.1, 0.15) is 43.2 Å². The lowest BCUT2D eigenvalue weighted by atomic mass is 9.94. The molecule has 0 spiro atoms. The van der Waals surface area contributed by atoms with Crippen LogP contribution in [-0.2, 0) is 32.6 Å². The summed E-state index contributed by atoms with van der Waals surface area (Å²) in [5, 5.41) is 3.98. The molecule has 1 fully saturated rings. The highest BCUT2D eigenvalue weighted by molar-refractivity contribution is 9.10. The Morgan fingerprint density at radius 2 is 1.53 bits per heavy atom. The zero-order valence-electron chi connectivity index (χ0n) is 25.7. The van der Waals surface area contributed by atoms with Crippen LogP contribution < -0.4 is 9.62 Å². The summed E-state index contributed by atoms with van der Waals surface area (Å²) in [6.07, 6.45) is 5.13.